The number of carboxylic acid groups (broad SMARTS) is 1. The summed E-state index contributed by atoms with van der Waals surface area (Å²) in [6.07, 6.45) is -28.8. The van der Waals surface area contributed by atoms with Gasteiger partial charge in [-0.25, -0.2) is 0 Å². The van der Waals surface area contributed by atoms with E-state index < -0.39 is 206 Å². The van der Waals surface area contributed by atoms with Gasteiger partial charge in [0.15, 0.2) is 25.0 Å². The molecule has 4 saturated carbocycles. The van der Waals surface area contributed by atoms with Gasteiger partial charge in [0.25, 0.3) is 0 Å². The van der Waals surface area contributed by atoms with E-state index in [1.165, 1.54) is 13.8 Å². The van der Waals surface area contributed by atoms with Gasteiger partial charge in [0, 0.05) is 6.92 Å². The molecular weight excluding hydrogens is 1060 g/mol. The molecule has 25 nitrogen and oxygen atoms in total. The molecule has 0 aromatic carbocycles. The van der Waals surface area contributed by atoms with Crippen LogP contribution in [0.5, 0.6) is 0 Å². The first kappa shape index (κ1) is 61.9. The van der Waals surface area contributed by atoms with Crippen LogP contribution in [0.3, 0.4) is 0 Å². The molecule has 0 aromatic heterocycles. The van der Waals surface area contributed by atoms with Crippen LogP contribution in [0.1, 0.15) is 113 Å². The lowest BCUT2D eigenvalue weighted by molar-refractivity contribution is -0.377. The van der Waals surface area contributed by atoms with Gasteiger partial charge >= 0.3 is 17.9 Å². The standard InChI is InChI=1S/C55H86O25/c1-22-41(78-45-38(65)32(59)26(58)20-72-45)37(64)40(67)46(74-22)79-42-36(63)34(61)29(21-73-44-39(66)35(62)33(60)28(19-56)76-44)77-47(42)80-49(71)55-15-13-50(3,4)17-25(55)24-9-10-30-51(5)18-27(75-23(2)57)43(68)54(8,48(69)70)31(51)11-12-53(30,7)52(24,6)14-16-55/h9,22,25-47,56,58-68H,10-21H2,1-8H3,(H,69,70). The lowest BCUT2D eigenvalue weighted by atomic mass is 9.33. The van der Waals surface area contributed by atoms with Crippen LogP contribution >= 0.6 is 0 Å². The zero-order valence-corrected chi connectivity index (χ0v) is 46.6. The molecule has 0 spiro atoms. The summed E-state index contributed by atoms with van der Waals surface area (Å²) < 4.78 is 53.0. The first-order chi connectivity index (χ1) is 37.3. The van der Waals surface area contributed by atoms with Gasteiger partial charge < -0.3 is 109 Å². The molecule has 8 fully saturated rings. The van der Waals surface area contributed by atoms with Crippen LogP contribution in [0.4, 0.5) is 0 Å². The maximum absolute atomic E-state index is 15.7. The zero-order chi connectivity index (χ0) is 58.7. The second-order valence-corrected chi connectivity index (χ2v) is 26.4. The number of aliphatic hydroxyl groups excluding tert-OH is 12. The fourth-order valence-electron chi connectivity index (χ4n) is 16.4. The van der Waals surface area contributed by atoms with Crippen molar-refractivity contribution in [3.05, 3.63) is 11.6 Å². The Morgan fingerprint density at radius 1 is 0.650 bits per heavy atom. The molecule has 0 amide bonds. The minimum Gasteiger partial charge on any atom is -0.481 e. The van der Waals surface area contributed by atoms with Crippen molar-refractivity contribution in [2.24, 2.45) is 50.2 Å². The van der Waals surface area contributed by atoms with Crippen LogP contribution < -0.4 is 0 Å². The molecule has 29 unspecified atom stereocenters. The van der Waals surface area contributed by atoms with E-state index in [4.69, 9.17) is 42.6 Å². The Bertz CT molecular complexity index is 2300. The van der Waals surface area contributed by atoms with Gasteiger partial charge in [0.2, 0.25) is 6.29 Å². The molecule has 9 aliphatic rings. The van der Waals surface area contributed by atoms with E-state index in [1.54, 1.807) is 6.92 Å². The molecule has 456 valence electrons. The van der Waals surface area contributed by atoms with Crippen LogP contribution in [-0.2, 0) is 57.0 Å². The summed E-state index contributed by atoms with van der Waals surface area (Å²) in [7, 11) is 0. The number of esters is 2. The summed E-state index contributed by atoms with van der Waals surface area (Å²) in [6, 6.07) is 0. The van der Waals surface area contributed by atoms with E-state index in [9.17, 15) is 76.0 Å². The summed E-state index contributed by atoms with van der Waals surface area (Å²) in [6.45, 7) is 13.1. The molecule has 4 heterocycles. The molecule has 0 radical (unpaired) electrons. The minimum atomic E-state index is -2.03. The van der Waals surface area contributed by atoms with Gasteiger partial charge in [-0.2, -0.15) is 0 Å². The number of fused-ring (bicyclic) bond motifs is 7. The van der Waals surface area contributed by atoms with Crippen molar-refractivity contribution in [1.82, 2.24) is 0 Å². The third-order valence-corrected chi connectivity index (χ3v) is 21.4. The van der Waals surface area contributed by atoms with E-state index in [2.05, 4.69) is 40.7 Å². The van der Waals surface area contributed by atoms with Gasteiger partial charge in [-0.3, -0.25) is 14.4 Å². The number of rotatable bonds is 12. The maximum Gasteiger partial charge on any atom is 0.315 e. The van der Waals surface area contributed by atoms with E-state index in [0.29, 0.717) is 51.4 Å². The van der Waals surface area contributed by atoms with E-state index in [1.807, 2.05) is 0 Å². The fraction of sp³-hybridized carbons (Fsp3) is 0.909. The first-order valence-electron chi connectivity index (χ1n) is 28.2. The van der Waals surface area contributed by atoms with Gasteiger partial charge in [0.1, 0.15) is 91.6 Å². The van der Waals surface area contributed by atoms with E-state index >= 15 is 4.79 Å². The molecule has 80 heavy (non-hydrogen) atoms. The fourth-order valence-corrected chi connectivity index (χ4v) is 16.4. The number of hydrogen-bond donors (Lipinski definition) is 13. The summed E-state index contributed by atoms with van der Waals surface area (Å²) in [5, 5.41) is 141. The van der Waals surface area contributed by atoms with Crippen LogP contribution in [0.15, 0.2) is 11.6 Å². The summed E-state index contributed by atoms with van der Waals surface area (Å²) in [5.41, 5.74) is -3.83. The molecule has 5 aliphatic carbocycles. The van der Waals surface area contributed by atoms with Gasteiger partial charge in [-0.1, -0.05) is 46.3 Å². The molecule has 0 aromatic rings. The highest BCUT2D eigenvalue weighted by molar-refractivity contribution is 5.79. The Kier molecular flexibility index (Phi) is 17.3. The Hall–Kier alpha value is -2.61. The number of aliphatic hydroxyl groups is 12. The highest BCUT2D eigenvalue weighted by atomic mass is 16.8. The molecule has 9 rings (SSSR count). The number of allylic oxidation sites excluding steroid dienone is 2. The predicted octanol–water partition coefficient (Wildman–Crippen LogP) is -1.76. The average Bonchev–Trinajstić information content (AvgIpc) is 3.35. The summed E-state index contributed by atoms with van der Waals surface area (Å²) in [5.74, 6) is -3.56. The van der Waals surface area contributed by atoms with Crippen molar-refractivity contribution in [1.29, 1.82) is 0 Å². The molecule has 4 saturated heterocycles. The monoisotopic (exact) mass is 1150 g/mol. The van der Waals surface area contributed by atoms with Gasteiger partial charge in [0.05, 0.1) is 36.8 Å². The second-order valence-electron chi connectivity index (χ2n) is 26.4. The highest BCUT2D eigenvalue weighted by Gasteiger charge is 2.73. The third-order valence-electron chi connectivity index (χ3n) is 21.4. The Balaban J connectivity index is 1.02. The molecule has 0 bridgehead atoms. The van der Waals surface area contributed by atoms with Gasteiger partial charge in [-0.05, 0) is 111 Å². The molecule has 13 N–H and O–H groups in total. The van der Waals surface area contributed by atoms with Crippen molar-refractivity contribution < 1.29 is 123 Å². The Labute approximate surface area is 464 Å². The van der Waals surface area contributed by atoms with Crippen LogP contribution in [0.25, 0.3) is 0 Å². The van der Waals surface area contributed by atoms with Gasteiger partial charge in [-0.15, -0.1) is 0 Å². The van der Waals surface area contributed by atoms with E-state index in [-0.39, 0.29) is 17.8 Å². The minimum absolute atomic E-state index is 0.138. The number of aliphatic carboxylic acids is 1. The number of ether oxygens (including phenoxy) is 9. The molecule has 29 atom stereocenters. The van der Waals surface area contributed by atoms with Crippen molar-refractivity contribution in [2.75, 3.05) is 19.8 Å². The Morgan fingerprint density at radius 3 is 1.93 bits per heavy atom. The highest BCUT2D eigenvalue weighted by Crippen LogP contribution is 2.76. The lowest BCUT2D eigenvalue weighted by Gasteiger charge is -2.71. The molecule has 25 heteroatoms. The van der Waals surface area contributed by atoms with Crippen molar-refractivity contribution >= 4 is 17.9 Å². The number of carbonyl (C=O) groups is 3. The second kappa shape index (κ2) is 22.3. The van der Waals surface area contributed by atoms with Crippen molar-refractivity contribution in [3.8, 4) is 0 Å². The first-order valence-corrected chi connectivity index (χ1v) is 28.2. The Morgan fingerprint density at radius 2 is 1.26 bits per heavy atom. The third kappa shape index (κ3) is 10.1. The van der Waals surface area contributed by atoms with Crippen molar-refractivity contribution in [2.45, 2.75) is 242 Å². The normalized spacial score (nSPS) is 52.9. The molecule has 4 aliphatic heterocycles. The summed E-state index contributed by atoms with van der Waals surface area (Å²) >= 11 is 0. The summed E-state index contributed by atoms with van der Waals surface area (Å²) in [4.78, 5) is 41.4. The quantitative estimate of drug-likeness (QED) is 0.0760. The average molecular weight is 1150 g/mol. The maximum atomic E-state index is 15.7. The number of carboxylic acids is 1. The van der Waals surface area contributed by atoms with Crippen LogP contribution in [-0.4, -0.2) is 233 Å². The van der Waals surface area contributed by atoms with Crippen molar-refractivity contribution in [3.63, 3.8) is 0 Å². The lowest BCUT2D eigenvalue weighted by Crippen LogP contribution is -2.69. The SMILES string of the molecule is CC(=O)OC1CC2(C)C(CCC3(C)C2CC=C2C4CC(C)(C)CCC4(C(=O)OC4OC(COC5OC(CO)C(O)C(O)C5O)C(O)C(O)C4OC4OC(C)C(OC5OCC(O)C(O)C5O)C(O)C4O)CCC23C)C(C)(C(=O)O)C1O. The zero-order valence-electron chi connectivity index (χ0n) is 46.6. The number of hydrogen-bond acceptors (Lipinski definition) is 24. The largest absolute Gasteiger partial charge is 0.481 e. The smallest absolute Gasteiger partial charge is 0.315 e. The van der Waals surface area contributed by atoms with Crippen LogP contribution in [0.2, 0.25) is 0 Å². The van der Waals surface area contributed by atoms with E-state index in [0.717, 1.165) is 5.57 Å². The number of carbonyl (C=O) groups excluding carboxylic acids is 2. The predicted molar refractivity (Wildman–Crippen MR) is 268 cm³/mol. The topological polar surface area (TPSA) is 397 Å². The van der Waals surface area contributed by atoms with Crippen LogP contribution in [0, 0.1) is 50.2 Å². The molecular formula is C55H86O25.